The number of para-hydroxylation sites is 1. The van der Waals surface area contributed by atoms with Gasteiger partial charge in [-0.25, -0.2) is 4.79 Å². The number of H-pyrrole nitrogens is 1. The van der Waals surface area contributed by atoms with Gasteiger partial charge in [-0.15, -0.1) is 0 Å². The summed E-state index contributed by atoms with van der Waals surface area (Å²) >= 11 is 0. The number of hydrogen-bond donors (Lipinski definition) is 1. The van der Waals surface area contributed by atoms with Gasteiger partial charge in [0.1, 0.15) is 6.10 Å². The highest BCUT2D eigenvalue weighted by atomic mass is 16.5. The lowest BCUT2D eigenvalue weighted by Crippen LogP contribution is -2.12. The summed E-state index contributed by atoms with van der Waals surface area (Å²) in [5.41, 5.74) is 1.19. The van der Waals surface area contributed by atoms with Crippen molar-refractivity contribution in [2.45, 2.75) is 13.0 Å². The predicted octanol–water partition coefficient (Wildman–Crippen LogP) is 2.29. The first-order valence-electron chi connectivity index (χ1n) is 4.98. The molecule has 82 valence electrons. The van der Waals surface area contributed by atoms with E-state index in [1.54, 1.807) is 31.3 Å². The number of esters is 1. The van der Waals surface area contributed by atoms with Gasteiger partial charge in [-0.2, -0.15) is 5.10 Å². The molecule has 1 aromatic heterocycles. The van der Waals surface area contributed by atoms with Crippen molar-refractivity contribution in [3.8, 4) is 0 Å². The number of hydrogen-bond acceptors (Lipinski definition) is 3. The van der Waals surface area contributed by atoms with Crippen molar-refractivity contribution in [2.75, 3.05) is 0 Å². The van der Waals surface area contributed by atoms with Crippen LogP contribution in [0, 0.1) is 0 Å². The Balaban J connectivity index is 2.35. The molecule has 0 radical (unpaired) electrons. The molecule has 1 heterocycles. The second-order valence-electron chi connectivity index (χ2n) is 3.49. The van der Waals surface area contributed by atoms with Gasteiger partial charge in [0.15, 0.2) is 0 Å². The number of carbonyl (C=O) groups excluding carboxylic acids is 1. The maximum absolute atomic E-state index is 11.8. The summed E-state index contributed by atoms with van der Waals surface area (Å²) in [6.45, 7) is 5.32. The zero-order chi connectivity index (χ0) is 11.5. The van der Waals surface area contributed by atoms with E-state index in [0.717, 1.165) is 5.39 Å². The molecule has 0 saturated heterocycles. The average molecular weight is 216 g/mol. The maximum Gasteiger partial charge on any atom is 0.340 e. The van der Waals surface area contributed by atoms with Crippen molar-refractivity contribution in [3.05, 3.63) is 42.6 Å². The fourth-order valence-electron chi connectivity index (χ4n) is 1.42. The van der Waals surface area contributed by atoms with Crippen LogP contribution in [0.15, 0.2) is 37.1 Å². The van der Waals surface area contributed by atoms with E-state index in [0.29, 0.717) is 11.1 Å². The quantitative estimate of drug-likeness (QED) is 0.632. The van der Waals surface area contributed by atoms with Crippen LogP contribution in [0.5, 0.6) is 0 Å². The van der Waals surface area contributed by atoms with E-state index < -0.39 is 0 Å². The molecule has 2 rings (SSSR count). The third-order valence-corrected chi connectivity index (χ3v) is 2.32. The number of ether oxygens (including phenoxy) is 1. The highest BCUT2D eigenvalue weighted by molar-refractivity contribution is 6.02. The summed E-state index contributed by atoms with van der Waals surface area (Å²) in [6.07, 6.45) is 2.94. The Kier molecular flexibility index (Phi) is 2.72. The molecule has 0 unspecified atom stereocenters. The third kappa shape index (κ3) is 1.82. The summed E-state index contributed by atoms with van der Waals surface area (Å²) in [5.74, 6) is -0.373. The van der Waals surface area contributed by atoms with E-state index in [2.05, 4.69) is 16.8 Å². The fraction of sp³-hybridized carbons (Fsp3) is 0.167. The Bertz CT molecular complexity index is 531. The van der Waals surface area contributed by atoms with Gasteiger partial charge >= 0.3 is 5.97 Å². The predicted molar refractivity (Wildman–Crippen MR) is 61.2 cm³/mol. The second-order valence-corrected chi connectivity index (χ2v) is 3.49. The Morgan fingerprint density at radius 2 is 2.44 bits per heavy atom. The van der Waals surface area contributed by atoms with E-state index in [9.17, 15) is 4.79 Å². The van der Waals surface area contributed by atoms with Crippen molar-refractivity contribution in [3.63, 3.8) is 0 Å². The summed E-state index contributed by atoms with van der Waals surface area (Å²) in [7, 11) is 0. The molecule has 0 fully saturated rings. The van der Waals surface area contributed by atoms with Crippen LogP contribution in [0.25, 0.3) is 10.9 Å². The third-order valence-electron chi connectivity index (χ3n) is 2.32. The van der Waals surface area contributed by atoms with Crippen molar-refractivity contribution in [1.82, 2.24) is 10.2 Å². The fourth-order valence-corrected chi connectivity index (χ4v) is 1.42. The van der Waals surface area contributed by atoms with E-state index in [-0.39, 0.29) is 12.1 Å². The van der Waals surface area contributed by atoms with Gasteiger partial charge in [0, 0.05) is 5.39 Å². The first-order valence-corrected chi connectivity index (χ1v) is 4.98. The van der Waals surface area contributed by atoms with Crippen LogP contribution < -0.4 is 0 Å². The van der Waals surface area contributed by atoms with E-state index in [4.69, 9.17) is 4.74 Å². The molecule has 16 heavy (non-hydrogen) atoms. The molecule has 0 saturated carbocycles. The first-order chi connectivity index (χ1) is 7.72. The van der Waals surface area contributed by atoms with Gasteiger partial charge in [-0.3, -0.25) is 5.10 Å². The van der Waals surface area contributed by atoms with Crippen LogP contribution in [-0.4, -0.2) is 22.3 Å². The van der Waals surface area contributed by atoms with Crippen molar-refractivity contribution >= 4 is 16.9 Å². The zero-order valence-corrected chi connectivity index (χ0v) is 8.93. The Morgan fingerprint density at radius 1 is 1.62 bits per heavy atom. The van der Waals surface area contributed by atoms with Gasteiger partial charge in [-0.05, 0) is 13.0 Å². The molecule has 0 aliphatic carbocycles. The molecule has 0 amide bonds. The molecule has 1 N–H and O–H groups in total. The summed E-state index contributed by atoms with van der Waals surface area (Å²) < 4.78 is 5.16. The Labute approximate surface area is 92.9 Å². The number of rotatable bonds is 3. The second kappa shape index (κ2) is 4.18. The minimum Gasteiger partial charge on any atom is -0.455 e. The largest absolute Gasteiger partial charge is 0.455 e. The molecule has 0 spiro atoms. The van der Waals surface area contributed by atoms with E-state index >= 15 is 0 Å². The van der Waals surface area contributed by atoms with Crippen molar-refractivity contribution < 1.29 is 9.53 Å². The summed E-state index contributed by atoms with van der Waals surface area (Å²) in [6, 6.07) is 5.39. The van der Waals surface area contributed by atoms with E-state index in [1.165, 1.54) is 0 Å². The van der Waals surface area contributed by atoms with Crippen LogP contribution in [0.1, 0.15) is 17.3 Å². The van der Waals surface area contributed by atoms with Crippen LogP contribution in [-0.2, 0) is 4.74 Å². The highest BCUT2D eigenvalue weighted by Crippen LogP contribution is 2.17. The summed E-state index contributed by atoms with van der Waals surface area (Å²) in [5, 5.41) is 7.56. The first kappa shape index (κ1) is 10.4. The monoisotopic (exact) mass is 216 g/mol. The Hall–Kier alpha value is -2.10. The van der Waals surface area contributed by atoms with Crippen LogP contribution in [0.3, 0.4) is 0 Å². The maximum atomic E-state index is 11.8. The molecule has 4 nitrogen and oxygen atoms in total. The topological polar surface area (TPSA) is 55.0 Å². The molecular weight excluding hydrogens is 204 g/mol. The number of nitrogens with one attached hydrogen (secondary N) is 1. The number of fused-ring (bicyclic) bond motifs is 1. The lowest BCUT2D eigenvalue weighted by atomic mass is 10.1. The zero-order valence-electron chi connectivity index (χ0n) is 8.93. The number of aromatic nitrogens is 2. The standard InChI is InChI=1S/C12H12N2O2/c1-3-8(2)16-12(15)10-6-4-5-9-7-13-14-11(9)10/h3-8H,1H2,2H3,(H,13,14)/t8-/m0/s1. The average Bonchev–Trinajstić information content (AvgIpc) is 2.76. The molecular formula is C12H12N2O2. The molecule has 0 aliphatic heterocycles. The SMILES string of the molecule is C=C[C@H](C)OC(=O)c1cccc2cn[nH]c12. The number of nitrogens with zero attached hydrogens (tertiary/aromatic N) is 1. The van der Waals surface area contributed by atoms with E-state index in [1.807, 2.05) is 6.07 Å². The van der Waals surface area contributed by atoms with Crippen LogP contribution in [0.2, 0.25) is 0 Å². The van der Waals surface area contributed by atoms with Crippen molar-refractivity contribution in [2.24, 2.45) is 0 Å². The van der Waals surface area contributed by atoms with Crippen LogP contribution in [0.4, 0.5) is 0 Å². The Morgan fingerprint density at radius 3 is 3.19 bits per heavy atom. The van der Waals surface area contributed by atoms with Crippen molar-refractivity contribution in [1.29, 1.82) is 0 Å². The molecule has 4 heteroatoms. The lowest BCUT2D eigenvalue weighted by Gasteiger charge is -2.08. The number of benzene rings is 1. The van der Waals surface area contributed by atoms with Gasteiger partial charge in [-0.1, -0.05) is 24.8 Å². The summed E-state index contributed by atoms with van der Waals surface area (Å²) in [4.78, 5) is 11.8. The van der Waals surface area contributed by atoms with Crippen LogP contribution >= 0.6 is 0 Å². The highest BCUT2D eigenvalue weighted by Gasteiger charge is 2.14. The molecule has 2 aromatic rings. The normalized spacial score (nSPS) is 12.3. The number of carbonyl (C=O) groups is 1. The molecule has 1 atom stereocenters. The lowest BCUT2D eigenvalue weighted by molar-refractivity contribution is 0.0427. The number of aromatic amines is 1. The van der Waals surface area contributed by atoms with Gasteiger partial charge in [0.2, 0.25) is 0 Å². The minimum atomic E-state index is -0.373. The molecule has 0 bridgehead atoms. The van der Waals surface area contributed by atoms with Gasteiger partial charge in [0.05, 0.1) is 17.3 Å². The molecule has 1 aromatic carbocycles. The van der Waals surface area contributed by atoms with Gasteiger partial charge < -0.3 is 4.74 Å². The minimum absolute atomic E-state index is 0.300. The smallest absolute Gasteiger partial charge is 0.340 e. The van der Waals surface area contributed by atoms with Gasteiger partial charge in [0.25, 0.3) is 0 Å². The molecule has 0 aliphatic rings.